The van der Waals surface area contributed by atoms with Gasteiger partial charge in [0.15, 0.2) is 0 Å². The SMILES string of the molecule is Cl.Cl.O=C(O)[C@@H]1CN(C(=O)c2ccc3nccn3c2)C[C@H]1C(F)(F)F. The standard InChI is InChI=1S/C14H12F3N3O3.2ClH/c15-14(16,17)10-7-20(6-9(10)13(22)23)12(21)8-1-2-11-18-3-4-19(11)5-8;;/h1-5,9-10H,6-7H2,(H,22,23);2*1H/t9-,10-;;/m1../s1. The molecule has 0 saturated carbocycles. The number of alkyl halides is 3. The summed E-state index contributed by atoms with van der Waals surface area (Å²) in [4.78, 5) is 28.4. The maximum atomic E-state index is 13.0. The predicted molar refractivity (Wildman–Crippen MR) is 86.3 cm³/mol. The zero-order chi connectivity index (χ0) is 16.8. The molecule has 2 aromatic rings. The van der Waals surface area contributed by atoms with Crippen molar-refractivity contribution in [2.75, 3.05) is 13.1 Å². The van der Waals surface area contributed by atoms with E-state index in [0.717, 1.165) is 4.90 Å². The lowest BCUT2D eigenvalue weighted by Gasteiger charge is -2.18. The van der Waals surface area contributed by atoms with Crippen LogP contribution in [0, 0.1) is 11.8 Å². The molecule has 6 nitrogen and oxygen atoms in total. The van der Waals surface area contributed by atoms with Crippen molar-refractivity contribution in [3.05, 3.63) is 36.3 Å². The van der Waals surface area contributed by atoms with Crippen LogP contribution >= 0.6 is 24.8 Å². The minimum Gasteiger partial charge on any atom is -0.481 e. The van der Waals surface area contributed by atoms with Gasteiger partial charge in [0.1, 0.15) is 5.65 Å². The van der Waals surface area contributed by atoms with Crippen LogP contribution < -0.4 is 0 Å². The van der Waals surface area contributed by atoms with Gasteiger partial charge in [-0.3, -0.25) is 9.59 Å². The monoisotopic (exact) mass is 399 g/mol. The number of amides is 1. The van der Waals surface area contributed by atoms with Gasteiger partial charge < -0.3 is 14.4 Å². The first kappa shape index (κ1) is 21.0. The van der Waals surface area contributed by atoms with Crippen LogP contribution in [0.4, 0.5) is 13.2 Å². The van der Waals surface area contributed by atoms with E-state index in [0.29, 0.717) is 5.65 Å². The van der Waals surface area contributed by atoms with Crippen LogP contribution in [0.5, 0.6) is 0 Å². The third kappa shape index (κ3) is 3.98. The fourth-order valence-electron chi connectivity index (χ4n) is 2.78. The molecule has 1 fully saturated rings. The van der Waals surface area contributed by atoms with Crippen molar-refractivity contribution in [1.82, 2.24) is 14.3 Å². The fourth-order valence-corrected chi connectivity index (χ4v) is 2.78. The molecule has 0 spiro atoms. The summed E-state index contributed by atoms with van der Waals surface area (Å²) in [7, 11) is 0. The topological polar surface area (TPSA) is 74.9 Å². The molecule has 11 heteroatoms. The van der Waals surface area contributed by atoms with Gasteiger partial charge in [-0.1, -0.05) is 0 Å². The second-order valence-electron chi connectivity index (χ2n) is 5.41. The first-order valence-corrected chi connectivity index (χ1v) is 6.79. The Morgan fingerprint density at radius 1 is 1.20 bits per heavy atom. The number of hydrogen-bond acceptors (Lipinski definition) is 3. The van der Waals surface area contributed by atoms with Gasteiger partial charge in [0.25, 0.3) is 5.91 Å². The molecular formula is C14H14Cl2F3N3O3. The Labute approximate surface area is 152 Å². The third-order valence-corrected chi connectivity index (χ3v) is 3.98. The summed E-state index contributed by atoms with van der Waals surface area (Å²) in [6, 6.07) is 3.03. The highest BCUT2D eigenvalue weighted by Crippen LogP contribution is 2.38. The van der Waals surface area contributed by atoms with E-state index in [1.165, 1.54) is 18.5 Å². The Morgan fingerprint density at radius 3 is 2.44 bits per heavy atom. The Balaban J connectivity index is 0.00000156. The number of pyridine rings is 1. The largest absolute Gasteiger partial charge is 0.481 e. The van der Waals surface area contributed by atoms with Crippen molar-refractivity contribution in [1.29, 1.82) is 0 Å². The van der Waals surface area contributed by atoms with E-state index >= 15 is 0 Å². The molecule has 3 rings (SSSR count). The zero-order valence-corrected chi connectivity index (χ0v) is 14.1. The van der Waals surface area contributed by atoms with E-state index in [4.69, 9.17) is 5.11 Å². The molecule has 3 heterocycles. The number of carbonyl (C=O) groups is 2. The van der Waals surface area contributed by atoms with Gasteiger partial charge in [-0.15, -0.1) is 24.8 Å². The quantitative estimate of drug-likeness (QED) is 0.841. The van der Waals surface area contributed by atoms with Crippen LogP contribution in [0.25, 0.3) is 5.65 Å². The average molecular weight is 400 g/mol. The molecule has 0 unspecified atom stereocenters. The summed E-state index contributed by atoms with van der Waals surface area (Å²) < 4.78 is 40.5. The van der Waals surface area contributed by atoms with E-state index in [-0.39, 0.29) is 30.4 Å². The Kier molecular flexibility index (Phi) is 6.30. The minimum atomic E-state index is -4.66. The van der Waals surface area contributed by atoms with E-state index < -0.39 is 43.0 Å². The molecule has 1 amide bonds. The maximum absolute atomic E-state index is 13.0. The van der Waals surface area contributed by atoms with Crippen LogP contribution in [0.1, 0.15) is 10.4 Å². The number of nitrogens with zero attached hydrogens (tertiary/aromatic N) is 3. The molecule has 0 radical (unpaired) electrons. The fraction of sp³-hybridized carbons (Fsp3) is 0.357. The summed E-state index contributed by atoms with van der Waals surface area (Å²) >= 11 is 0. The highest BCUT2D eigenvalue weighted by molar-refractivity contribution is 5.95. The van der Waals surface area contributed by atoms with Crippen molar-refractivity contribution in [2.24, 2.45) is 11.8 Å². The molecule has 138 valence electrons. The number of aromatic nitrogens is 2. The number of imidazole rings is 1. The van der Waals surface area contributed by atoms with Gasteiger partial charge in [-0.05, 0) is 12.1 Å². The van der Waals surface area contributed by atoms with E-state index in [1.807, 2.05) is 0 Å². The molecule has 0 bridgehead atoms. The molecule has 1 aliphatic rings. The number of aliphatic carboxylic acids is 1. The van der Waals surface area contributed by atoms with Crippen LogP contribution in [-0.4, -0.2) is 50.5 Å². The summed E-state index contributed by atoms with van der Waals surface area (Å²) in [5, 5.41) is 8.98. The Hall–Kier alpha value is -2.00. The average Bonchev–Trinajstić information content (AvgIpc) is 3.11. The lowest BCUT2D eigenvalue weighted by Crippen LogP contribution is -2.34. The van der Waals surface area contributed by atoms with E-state index in [9.17, 15) is 22.8 Å². The van der Waals surface area contributed by atoms with Gasteiger partial charge >= 0.3 is 12.1 Å². The second kappa shape index (κ2) is 7.49. The molecule has 1 saturated heterocycles. The van der Waals surface area contributed by atoms with Crippen LogP contribution in [0.2, 0.25) is 0 Å². The van der Waals surface area contributed by atoms with Crippen molar-refractivity contribution < 1.29 is 27.9 Å². The molecule has 2 atom stereocenters. The minimum absolute atomic E-state index is 0. The van der Waals surface area contributed by atoms with Crippen molar-refractivity contribution in [3.8, 4) is 0 Å². The first-order valence-electron chi connectivity index (χ1n) is 6.79. The number of carboxylic acid groups (broad SMARTS) is 1. The molecule has 1 N–H and O–H groups in total. The summed E-state index contributed by atoms with van der Waals surface area (Å²) in [5.74, 6) is -5.87. The molecule has 0 aliphatic carbocycles. The number of carbonyl (C=O) groups excluding carboxylic acids is 1. The number of likely N-dealkylation sites (tertiary alicyclic amines) is 1. The highest BCUT2D eigenvalue weighted by atomic mass is 35.5. The maximum Gasteiger partial charge on any atom is 0.394 e. The summed E-state index contributed by atoms with van der Waals surface area (Å²) in [6.45, 7) is -1.11. The highest BCUT2D eigenvalue weighted by Gasteiger charge is 2.53. The number of halogens is 5. The molecule has 2 aromatic heterocycles. The smallest absolute Gasteiger partial charge is 0.394 e. The molecular weight excluding hydrogens is 386 g/mol. The number of fused-ring (bicyclic) bond motifs is 1. The third-order valence-electron chi connectivity index (χ3n) is 3.98. The van der Waals surface area contributed by atoms with Gasteiger partial charge in [0, 0.05) is 31.7 Å². The van der Waals surface area contributed by atoms with E-state index in [1.54, 1.807) is 16.7 Å². The predicted octanol–water partition coefficient (Wildman–Crippen LogP) is 2.51. The van der Waals surface area contributed by atoms with Crippen molar-refractivity contribution >= 4 is 42.3 Å². The zero-order valence-electron chi connectivity index (χ0n) is 12.5. The normalized spacial score (nSPS) is 20.0. The second-order valence-corrected chi connectivity index (χ2v) is 5.41. The number of rotatable bonds is 2. The van der Waals surface area contributed by atoms with Crippen LogP contribution in [-0.2, 0) is 4.79 Å². The van der Waals surface area contributed by atoms with Gasteiger partial charge in [-0.2, -0.15) is 13.2 Å². The Bertz CT molecular complexity index is 781. The lowest BCUT2D eigenvalue weighted by molar-refractivity contribution is -0.187. The summed E-state index contributed by atoms with van der Waals surface area (Å²) in [6.07, 6.45) is -0.0675. The van der Waals surface area contributed by atoms with Gasteiger partial charge in [0.05, 0.1) is 17.4 Å². The molecule has 25 heavy (non-hydrogen) atoms. The van der Waals surface area contributed by atoms with Gasteiger partial charge in [0.2, 0.25) is 0 Å². The molecule has 0 aromatic carbocycles. The Morgan fingerprint density at radius 2 is 1.88 bits per heavy atom. The van der Waals surface area contributed by atoms with Gasteiger partial charge in [-0.25, -0.2) is 4.98 Å². The lowest BCUT2D eigenvalue weighted by atomic mass is 9.96. The van der Waals surface area contributed by atoms with E-state index in [2.05, 4.69) is 4.98 Å². The number of hydrogen-bond donors (Lipinski definition) is 1. The van der Waals surface area contributed by atoms with Crippen LogP contribution in [0.15, 0.2) is 30.7 Å². The van der Waals surface area contributed by atoms with Crippen molar-refractivity contribution in [3.63, 3.8) is 0 Å². The molecule has 1 aliphatic heterocycles. The summed E-state index contributed by atoms with van der Waals surface area (Å²) in [5.41, 5.74) is 0.780. The number of carboxylic acids is 1. The van der Waals surface area contributed by atoms with Crippen LogP contribution in [0.3, 0.4) is 0 Å². The van der Waals surface area contributed by atoms with Crippen molar-refractivity contribution in [2.45, 2.75) is 6.18 Å². The first-order chi connectivity index (χ1) is 10.8.